The minimum absolute atomic E-state index is 0.157. The van der Waals surface area contributed by atoms with E-state index in [9.17, 15) is 0 Å². The third-order valence-corrected chi connectivity index (χ3v) is 3.83. The molecule has 2 aromatic rings. The fourth-order valence-corrected chi connectivity index (χ4v) is 2.55. The Morgan fingerprint density at radius 3 is 2.75 bits per heavy atom. The molecule has 1 N–H and O–H groups in total. The second-order valence-corrected chi connectivity index (χ2v) is 5.39. The van der Waals surface area contributed by atoms with Gasteiger partial charge in [-0.15, -0.1) is 0 Å². The minimum Gasteiger partial charge on any atom is -0.305 e. The second-order valence-electron chi connectivity index (χ2n) is 4.98. The maximum Gasteiger partial charge on any atom is 0.0748 e. The molecule has 0 bridgehead atoms. The van der Waals surface area contributed by atoms with E-state index in [2.05, 4.69) is 47.1 Å². The summed E-state index contributed by atoms with van der Waals surface area (Å²) in [7, 11) is 0. The van der Waals surface area contributed by atoms with Gasteiger partial charge in [0.15, 0.2) is 0 Å². The Kier molecular flexibility index (Phi) is 5.21. The summed E-state index contributed by atoms with van der Waals surface area (Å²) in [6.07, 6.45) is 2.95. The normalized spacial score (nSPS) is 12.6. The van der Waals surface area contributed by atoms with Crippen LogP contribution < -0.4 is 5.32 Å². The van der Waals surface area contributed by atoms with Gasteiger partial charge in [0.25, 0.3) is 0 Å². The molecule has 1 unspecified atom stereocenters. The lowest BCUT2D eigenvalue weighted by molar-refractivity contribution is 0.520. The largest absolute Gasteiger partial charge is 0.305 e. The van der Waals surface area contributed by atoms with Crippen LogP contribution >= 0.6 is 11.6 Å². The van der Waals surface area contributed by atoms with Gasteiger partial charge in [-0.3, -0.25) is 4.68 Å². The first-order valence-corrected chi connectivity index (χ1v) is 7.56. The van der Waals surface area contributed by atoms with Gasteiger partial charge in [0.2, 0.25) is 0 Å². The van der Waals surface area contributed by atoms with Gasteiger partial charge in [0.1, 0.15) is 0 Å². The molecule has 0 saturated carbocycles. The van der Waals surface area contributed by atoms with Crippen LogP contribution in [0.5, 0.6) is 0 Å². The maximum absolute atomic E-state index is 6.13. The number of halogens is 1. The molecule has 0 saturated heterocycles. The first kappa shape index (κ1) is 15.1. The topological polar surface area (TPSA) is 29.9 Å². The van der Waals surface area contributed by atoms with Crippen molar-refractivity contribution >= 4 is 11.6 Å². The monoisotopic (exact) mass is 291 g/mol. The predicted octanol–water partition coefficient (Wildman–Crippen LogP) is 3.95. The molecule has 108 valence electrons. The fraction of sp³-hybridized carbons (Fsp3) is 0.438. The molecule has 1 heterocycles. The van der Waals surface area contributed by atoms with Gasteiger partial charge >= 0.3 is 0 Å². The summed E-state index contributed by atoms with van der Waals surface area (Å²) in [5.41, 5.74) is 3.54. The van der Waals surface area contributed by atoms with E-state index in [1.165, 1.54) is 11.3 Å². The summed E-state index contributed by atoms with van der Waals surface area (Å²) >= 11 is 6.13. The average Bonchev–Trinajstić information content (AvgIpc) is 2.88. The van der Waals surface area contributed by atoms with Crippen molar-refractivity contribution in [3.8, 4) is 0 Å². The molecule has 4 heteroatoms. The summed E-state index contributed by atoms with van der Waals surface area (Å²) in [4.78, 5) is 0. The third kappa shape index (κ3) is 3.22. The molecule has 20 heavy (non-hydrogen) atoms. The lowest BCUT2D eigenvalue weighted by atomic mass is 10.0. The van der Waals surface area contributed by atoms with Crippen LogP contribution in [0.2, 0.25) is 5.02 Å². The van der Waals surface area contributed by atoms with Crippen LogP contribution in [0.25, 0.3) is 0 Å². The Morgan fingerprint density at radius 1 is 1.30 bits per heavy atom. The van der Waals surface area contributed by atoms with E-state index in [0.717, 1.165) is 30.1 Å². The van der Waals surface area contributed by atoms with E-state index in [1.807, 2.05) is 19.2 Å². The molecule has 1 atom stereocenters. The van der Waals surface area contributed by atoms with E-state index in [-0.39, 0.29) is 6.04 Å². The predicted molar refractivity (Wildman–Crippen MR) is 84.2 cm³/mol. The number of aryl methyl sites for hydroxylation is 2. The van der Waals surface area contributed by atoms with Crippen molar-refractivity contribution in [2.24, 2.45) is 0 Å². The number of benzene rings is 1. The molecule has 0 spiro atoms. The maximum atomic E-state index is 6.13. The van der Waals surface area contributed by atoms with E-state index in [4.69, 9.17) is 11.6 Å². The van der Waals surface area contributed by atoms with E-state index in [1.54, 1.807) is 0 Å². The Morgan fingerprint density at radius 2 is 2.10 bits per heavy atom. The van der Waals surface area contributed by atoms with E-state index in [0.29, 0.717) is 0 Å². The van der Waals surface area contributed by atoms with Gasteiger partial charge < -0.3 is 5.32 Å². The van der Waals surface area contributed by atoms with Crippen molar-refractivity contribution in [2.75, 3.05) is 6.54 Å². The van der Waals surface area contributed by atoms with Crippen molar-refractivity contribution in [1.29, 1.82) is 0 Å². The molecule has 2 rings (SSSR count). The number of nitrogens with zero attached hydrogens (tertiary/aromatic N) is 2. The lowest BCUT2D eigenvalue weighted by Crippen LogP contribution is -2.25. The van der Waals surface area contributed by atoms with E-state index >= 15 is 0 Å². The molecule has 3 nitrogen and oxygen atoms in total. The molecule has 0 amide bonds. The first-order chi connectivity index (χ1) is 9.67. The zero-order chi connectivity index (χ0) is 14.5. The fourth-order valence-electron chi connectivity index (χ4n) is 2.43. The van der Waals surface area contributed by atoms with Gasteiger partial charge in [-0.1, -0.05) is 37.6 Å². The standard InChI is InChI=1S/C16H22ClN3/c1-4-10-20-15(8-9-19-20)16(18-5-2)13-6-7-14(17)12(3)11-13/h6-9,11,16,18H,4-5,10H2,1-3H3. The molecule has 0 fully saturated rings. The number of nitrogens with one attached hydrogen (secondary N) is 1. The van der Waals surface area contributed by atoms with Crippen molar-refractivity contribution in [1.82, 2.24) is 15.1 Å². The van der Waals surface area contributed by atoms with Crippen LogP contribution in [-0.4, -0.2) is 16.3 Å². The highest BCUT2D eigenvalue weighted by Crippen LogP contribution is 2.26. The van der Waals surface area contributed by atoms with Crippen molar-refractivity contribution in [3.63, 3.8) is 0 Å². The number of hydrogen-bond donors (Lipinski definition) is 1. The number of rotatable bonds is 6. The summed E-state index contributed by atoms with van der Waals surface area (Å²) in [6, 6.07) is 8.46. The third-order valence-electron chi connectivity index (χ3n) is 3.40. The highest BCUT2D eigenvalue weighted by atomic mass is 35.5. The van der Waals surface area contributed by atoms with Crippen molar-refractivity contribution in [3.05, 3.63) is 52.3 Å². The molecule has 1 aromatic heterocycles. The Balaban J connectivity index is 2.39. The van der Waals surface area contributed by atoms with Crippen molar-refractivity contribution in [2.45, 2.75) is 39.8 Å². The Bertz CT molecular complexity index is 563. The van der Waals surface area contributed by atoms with Crippen LogP contribution in [-0.2, 0) is 6.54 Å². The highest BCUT2D eigenvalue weighted by Gasteiger charge is 2.17. The lowest BCUT2D eigenvalue weighted by Gasteiger charge is -2.20. The zero-order valence-corrected chi connectivity index (χ0v) is 13.1. The molecule has 0 radical (unpaired) electrons. The summed E-state index contributed by atoms with van der Waals surface area (Å²) < 4.78 is 2.08. The smallest absolute Gasteiger partial charge is 0.0748 e. The average molecular weight is 292 g/mol. The van der Waals surface area contributed by atoms with Gasteiger partial charge in [-0.2, -0.15) is 5.10 Å². The Labute approximate surface area is 126 Å². The molecule has 1 aromatic carbocycles. The van der Waals surface area contributed by atoms with Gasteiger partial charge in [0.05, 0.1) is 11.7 Å². The highest BCUT2D eigenvalue weighted by molar-refractivity contribution is 6.31. The SMILES string of the molecule is CCCn1nccc1C(NCC)c1ccc(Cl)c(C)c1. The molecular weight excluding hydrogens is 270 g/mol. The van der Waals surface area contributed by atoms with Crippen LogP contribution in [0.3, 0.4) is 0 Å². The van der Waals surface area contributed by atoms with Gasteiger partial charge in [-0.05, 0) is 43.1 Å². The van der Waals surface area contributed by atoms with E-state index < -0.39 is 0 Å². The quantitative estimate of drug-likeness (QED) is 0.873. The van der Waals surface area contributed by atoms with Gasteiger partial charge in [0, 0.05) is 17.8 Å². The zero-order valence-electron chi connectivity index (χ0n) is 12.4. The summed E-state index contributed by atoms with van der Waals surface area (Å²) in [6.45, 7) is 8.18. The number of hydrogen-bond acceptors (Lipinski definition) is 2. The second kappa shape index (κ2) is 6.91. The van der Waals surface area contributed by atoms with Crippen LogP contribution in [0.1, 0.15) is 43.1 Å². The summed E-state index contributed by atoms with van der Waals surface area (Å²) in [5.74, 6) is 0. The van der Waals surface area contributed by atoms with Crippen LogP contribution in [0, 0.1) is 6.92 Å². The number of aromatic nitrogens is 2. The first-order valence-electron chi connectivity index (χ1n) is 7.18. The van der Waals surface area contributed by atoms with Gasteiger partial charge in [-0.25, -0.2) is 0 Å². The molecule has 0 aliphatic carbocycles. The molecule has 0 aliphatic heterocycles. The molecular formula is C16H22ClN3. The van der Waals surface area contributed by atoms with Crippen LogP contribution in [0.4, 0.5) is 0 Å². The van der Waals surface area contributed by atoms with Crippen molar-refractivity contribution < 1.29 is 0 Å². The molecule has 0 aliphatic rings. The minimum atomic E-state index is 0.157. The Hall–Kier alpha value is -1.32. The van der Waals surface area contributed by atoms with Crippen LogP contribution in [0.15, 0.2) is 30.5 Å². The summed E-state index contributed by atoms with van der Waals surface area (Å²) in [5, 5.41) is 8.78.